The maximum absolute atomic E-state index is 2.62. The van der Waals surface area contributed by atoms with Crippen LogP contribution in [0.25, 0.3) is 0 Å². The first kappa shape index (κ1) is 12.2. The van der Waals surface area contributed by atoms with Crippen molar-refractivity contribution in [3.8, 4) is 0 Å². The van der Waals surface area contributed by atoms with Crippen LogP contribution >= 0.6 is 7.55 Å². The van der Waals surface area contributed by atoms with E-state index in [2.05, 4.69) is 35.3 Å². The Morgan fingerprint density at radius 3 is 2.75 bits per heavy atom. The number of hydrogen-bond donors (Lipinski definition) is 0. The molecule has 0 bridgehead atoms. The van der Waals surface area contributed by atoms with Gasteiger partial charge in [-0.2, -0.15) is 0 Å². The maximum atomic E-state index is 2.62. The molecule has 2 aliphatic rings. The molecule has 0 aromatic carbocycles. The van der Waals surface area contributed by atoms with Gasteiger partial charge in [0.1, 0.15) is 0 Å². The lowest BCUT2D eigenvalue weighted by molar-refractivity contribution is 0.330. The zero-order chi connectivity index (χ0) is 11.2. The van der Waals surface area contributed by atoms with Crippen LogP contribution in [0.3, 0.4) is 0 Å². The molecule has 16 heavy (non-hydrogen) atoms. The van der Waals surface area contributed by atoms with Gasteiger partial charge >= 0.3 is 0 Å². The summed E-state index contributed by atoms with van der Waals surface area (Å²) in [5.41, 5.74) is 1.54. The number of nitrogens with zero attached hydrogens (tertiary/aromatic N) is 1. The summed E-state index contributed by atoms with van der Waals surface area (Å²) in [5.74, 6) is 4.81. The van der Waals surface area contributed by atoms with Crippen molar-refractivity contribution >= 4 is 13.3 Å². The molecule has 90 valence electrons. The normalized spacial score (nSPS) is 25.6. The van der Waals surface area contributed by atoms with Crippen molar-refractivity contribution in [3.05, 3.63) is 23.5 Å². The zero-order valence-electron chi connectivity index (χ0n) is 10.4. The first-order valence-corrected chi connectivity index (χ1v) is 8.78. The molecule has 0 aromatic heterocycles. The fourth-order valence-electron chi connectivity index (χ4n) is 2.43. The Bertz CT molecular complexity index is 309. The monoisotopic (exact) mass is 237 g/mol. The lowest BCUT2D eigenvalue weighted by Gasteiger charge is -2.14. The van der Waals surface area contributed by atoms with Gasteiger partial charge in [-0.05, 0) is 64.0 Å². The number of rotatable bonds is 5. The van der Waals surface area contributed by atoms with Gasteiger partial charge in [-0.15, -0.1) is 7.55 Å². The third-order valence-electron chi connectivity index (χ3n) is 3.51. The van der Waals surface area contributed by atoms with Crippen LogP contribution in [0.4, 0.5) is 0 Å². The molecular weight excluding hydrogens is 213 g/mol. The highest BCUT2D eigenvalue weighted by molar-refractivity contribution is 7.60. The molecule has 0 aliphatic carbocycles. The van der Waals surface area contributed by atoms with Crippen LogP contribution < -0.4 is 0 Å². The first-order valence-electron chi connectivity index (χ1n) is 6.62. The molecule has 2 rings (SSSR count). The van der Waals surface area contributed by atoms with E-state index < -0.39 is 0 Å². The summed E-state index contributed by atoms with van der Waals surface area (Å²) in [6.45, 7) is 6.35. The molecule has 0 N–H and O–H groups in total. The van der Waals surface area contributed by atoms with Crippen molar-refractivity contribution in [1.82, 2.24) is 4.90 Å². The quantitative estimate of drug-likeness (QED) is 0.523. The minimum Gasteiger partial charge on any atom is -0.303 e. The number of unbranched alkanes of at least 4 members (excludes halogenated alkanes) is 1. The number of likely N-dealkylation sites (tertiary alicyclic amines) is 1. The first-order chi connectivity index (χ1) is 7.84. The van der Waals surface area contributed by atoms with E-state index in [0.29, 0.717) is 0 Å². The van der Waals surface area contributed by atoms with E-state index in [4.69, 9.17) is 0 Å². The van der Waals surface area contributed by atoms with E-state index in [1.54, 1.807) is 0 Å². The second-order valence-corrected chi connectivity index (χ2v) is 7.15. The lowest BCUT2D eigenvalue weighted by Crippen LogP contribution is -2.20. The highest BCUT2D eigenvalue weighted by Gasteiger charge is 2.10. The largest absolute Gasteiger partial charge is 0.303 e. The number of hydrogen-bond acceptors (Lipinski definition) is 1. The van der Waals surface area contributed by atoms with Gasteiger partial charge in [0.15, 0.2) is 0 Å². The summed E-state index contributed by atoms with van der Waals surface area (Å²) in [6, 6.07) is 0. The standard InChI is InChI=1S/C14H24NP/c1-16-12-7-14(8-13-16)6-2-3-9-15-10-4-5-11-15/h7-8,12-13,16H,2-6,9-11H2,1H3. The van der Waals surface area contributed by atoms with Gasteiger partial charge < -0.3 is 4.90 Å². The van der Waals surface area contributed by atoms with Crippen LogP contribution in [0.15, 0.2) is 23.5 Å². The topological polar surface area (TPSA) is 3.24 Å². The van der Waals surface area contributed by atoms with Crippen molar-refractivity contribution in [1.29, 1.82) is 0 Å². The van der Waals surface area contributed by atoms with Crippen molar-refractivity contribution in [2.45, 2.75) is 32.1 Å². The minimum atomic E-state index is -0.258. The molecule has 0 radical (unpaired) electrons. The highest BCUT2D eigenvalue weighted by atomic mass is 31.1. The van der Waals surface area contributed by atoms with Gasteiger partial charge in [0.05, 0.1) is 0 Å². The van der Waals surface area contributed by atoms with Crippen LogP contribution in [0, 0.1) is 0 Å². The van der Waals surface area contributed by atoms with Gasteiger partial charge in [-0.1, -0.05) is 23.8 Å². The summed E-state index contributed by atoms with van der Waals surface area (Å²) in [5, 5.41) is 0. The summed E-state index contributed by atoms with van der Waals surface area (Å²) >= 11 is 0. The van der Waals surface area contributed by atoms with E-state index in [1.165, 1.54) is 57.3 Å². The average Bonchev–Trinajstić information content (AvgIpc) is 2.80. The van der Waals surface area contributed by atoms with Crippen molar-refractivity contribution in [2.24, 2.45) is 0 Å². The fourth-order valence-corrected chi connectivity index (χ4v) is 3.49. The van der Waals surface area contributed by atoms with Gasteiger partial charge in [-0.25, -0.2) is 0 Å². The Labute approximate surface area is 101 Å². The molecule has 0 saturated carbocycles. The maximum Gasteiger partial charge on any atom is -0.00183 e. The van der Waals surface area contributed by atoms with Crippen molar-refractivity contribution in [3.63, 3.8) is 0 Å². The Balaban J connectivity index is 1.60. The van der Waals surface area contributed by atoms with Crippen LogP contribution in [0.2, 0.25) is 0 Å². The molecule has 1 saturated heterocycles. The van der Waals surface area contributed by atoms with E-state index in [-0.39, 0.29) is 7.55 Å². The molecule has 0 aromatic rings. The molecule has 2 heterocycles. The van der Waals surface area contributed by atoms with Gasteiger partial charge in [-0.3, -0.25) is 0 Å². The molecule has 1 atom stereocenters. The molecule has 0 spiro atoms. The zero-order valence-corrected chi connectivity index (χ0v) is 11.4. The summed E-state index contributed by atoms with van der Waals surface area (Å²) in [7, 11) is -0.258. The molecule has 1 nitrogen and oxygen atoms in total. The second kappa shape index (κ2) is 6.47. The Morgan fingerprint density at radius 2 is 2.06 bits per heavy atom. The summed E-state index contributed by atoms with van der Waals surface area (Å²) < 4.78 is 0. The molecule has 1 unspecified atom stereocenters. The predicted octanol–water partition coefficient (Wildman–Crippen LogP) is 3.35. The van der Waals surface area contributed by atoms with Crippen molar-refractivity contribution in [2.75, 3.05) is 26.3 Å². The molecule has 2 heteroatoms. The number of allylic oxidation sites excluding steroid dienone is 3. The van der Waals surface area contributed by atoms with Crippen LogP contribution in [0.5, 0.6) is 0 Å². The Kier molecular flexibility index (Phi) is 4.93. The Hall–Kier alpha value is -0.260. The van der Waals surface area contributed by atoms with Crippen LogP contribution in [0.1, 0.15) is 32.1 Å². The summed E-state index contributed by atoms with van der Waals surface area (Å²) in [4.78, 5) is 2.62. The molecule has 0 amide bonds. The smallest absolute Gasteiger partial charge is 0.00183 e. The highest BCUT2D eigenvalue weighted by Crippen LogP contribution is 2.24. The lowest BCUT2D eigenvalue weighted by atomic mass is 10.1. The van der Waals surface area contributed by atoms with E-state index >= 15 is 0 Å². The van der Waals surface area contributed by atoms with Crippen LogP contribution in [-0.2, 0) is 0 Å². The van der Waals surface area contributed by atoms with Crippen LogP contribution in [-0.4, -0.2) is 37.0 Å². The van der Waals surface area contributed by atoms with E-state index in [1.807, 2.05) is 0 Å². The second-order valence-electron chi connectivity index (χ2n) is 4.99. The summed E-state index contributed by atoms with van der Waals surface area (Å²) in [6.07, 6.45) is 11.5. The Morgan fingerprint density at radius 1 is 1.25 bits per heavy atom. The SMILES string of the molecule is C[PH]1=CC=C(CCCCN2CCCC2)C=C1. The molecule has 1 fully saturated rings. The molecular formula is C14H24NP. The van der Waals surface area contributed by atoms with Crippen molar-refractivity contribution < 1.29 is 0 Å². The average molecular weight is 237 g/mol. The van der Waals surface area contributed by atoms with Gasteiger partial charge in [0.25, 0.3) is 0 Å². The fraction of sp³-hybridized carbons (Fsp3) is 0.643. The predicted molar refractivity (Wildman–Crippen MR) is 77.1 cm³/mol. The van der Waals surface area contributed by atoms with Gasteiger partial charge in [0.2, 0.25) is 0 Å². The minimum absolute atomic E-state index is 0.258. The third kappa shape index (κ3) is 3.96. The van der Waals surface area contributed by atoms with E-state index in [0.717, 1.165) is 0 Å². The van der Waals surface area contributed by atoms with E-state index in [9.17, 15) is 0 Å². The third-order valence-corrected chi connectivity index (χ3v) is 4.89. The molecule has 2 aliphatic heterocycles. The van der Waals surface area contributed by atoms with Gasteiger partial charge in [0, 0.05) is 0 Å².